The zero-order valence-corrected chi connectivity index (χ0v) is 19.0. The fraction of sp³-hybridized carbons (Fsp3) is 0.200. The van der Waals surface area contributed by atoms with Crippen LogP contribution in [0.2, 0.25) is 5.02 Å². The van der Waals surface area contributed by atoms with Gasteiger partial charge in [-0.25, -0.2) is 0 Å². The first-order chi connectivity index (χ1) is 15.5. The molecule has 1 N–H and O–H groups in total. The minimum atomic E-state index is -0.717. The van der Waals surface area contributed by atoms with E-state index in [2.05, 4.69) is 0 Å². The van der Waals surface area contributed by atoms with Crippen LogP contribution in [0.1, 0.15) is 35.4 Å². The van der Waals surface area contributed by atoms with E-state index in [1.165, 1.54) is 16.2 Å². The van der Waals surface area contributed by atoms with E-state index in [1.54, 1.807) is 48.5 Å². The fourth-order valence-corrected chi connectivity index (χ4v) is 4.52. The van der Waals surface area contributed by atoms with E-state index in [-0.39, 0.29) is 17.9 Å². The van der Waals surface area contributed by atoms with Crippen LogP contribution in [0.4, 0.5) is 0 Å². The molecule has 4 rings (SSSR count). The number of amides is 1. The maximum absolute atomic E-state index is 13.1. The summed E-state index contributed by atoms with van der Waals surface area (Å²) in [6.07, 6.45) is 0.885. The summed E-state index contributed by atoms with van der Waals surface area (Å²) in [6, 6.07) is 16.9. The van der Waals surface area contributed by atoms with Gasteiger partial charge in [-0.15, -0.1) is 11.3 Å². The first-order valence-electron chi connectivity index (χ1n) is 10.3. The molecule has 0 radical (unpaired) electrons. The summed E-state index contributed by atoms with van der Waals surface area (Å²) in [6.45, 7) is 2.89. The second-order valence-electron chi connectivity index (χ2n) is 7.43. The Kier molecular flexibility index (Phi) is 6.63. The lowest BCUT2D eigenvalue weighted by atomic mass is 9.95. The third-order valence-electron chi connectivity index (χ3n) is 5.23. The minimum Gasteiger partial charge on any atom is -0.507 e. The summed E-state index contributed by atoms with van der Waals surface area (Å²) in [5, 5.41) is 13.6. The van der Waals surface area contributed by atoms with Crippen LogP contribution >= 0.6 is 22.9 Å². The van der Waals surface area contributed by atoms with Crippen LogP contribution < -0.4 is 4.74 Å². The maximum Gasteiger partial charge on any atom is 0.295 e. The van der Waals surface area contributed by atoms with E-state index < -0.39 is 17.7 Å². The van der Waals surface area contributed by atoms with Crippen LogP contribution in [-0.2, 0) is 16.1 Å². The van der Waals surface area contributed by atoms with Gasteiger partial charge in [-0.1, -0.05) is 36.7 Å². The summed E-state index contributed by atoms with van der Waals surface area (Å²) >= 11 is 7.56. The number of ether oxygens (including phenoxy) is 1. The normalized spacial score (nSPS) is 17.7. The van der Waals surface area contributed by atoms with Gasteiger partial charge < -0.3 is 14.7 Å². The molecule has 1 saturated heterocycles. The molecule has 1 aromatic heterocycles. The molecule has 3 aromatic rings. The van der Waals surface area contributed by atoms with Crippen molar-refractivity contribution < 1.29 is 19.4 Å². The van der Waals surface area contributed by atoms with E-state index in [1.807, 2.05) is 24.4 Å². The van der Waals surface area contributed by atoms with Crippen molar-refractivity contribution in [2.45, 2.75) is 25.9 Å². The lowest BCUT2D eigenvalue weighted by Gasteiger charge is -2.25. The highest BCUT2D eigenvalue weighted by molar-refractivity contribution is 7.09. The van der Waals surface area contributed by atoms with Crippen LogP contribution in [0.3, 0.4) is 0 Å². The molecular formula is C25H22ClNO4S. The molecule has 1 fully saturated rings. The van der Waals surface area contributed by atoms with E-state index >= 15 is 0 Å². The third kappa shape index (κ3) is 4.42. The fourth-order valence-electron chi connectivity index (χ4n) is 3.69. The second-order valence-corrected chi connectivity index (χ2v) is 8.90. The first-order valence-corrected chi connectivity index (χ1v) is 11.5. The second kappa shape index (κ2) is 9.59. The highest BCUT2D eigenvalue weighted by atomic mass is 35.5. The van der Waals surface area contributed by atoms with E-state index in [0.717, 1.165) is 11.3 Å². The Balaban J connectivity index is 1.77. The number of rotatable bonds is 7. The molecule has 0 aliphatic carbocycles. The number of hydrogen-bond donors (Lipinski definition) is 1. The molecule has 32 heavy (non-hydrogen) atoms. The van der Waals surface area contributed by atoms with Gasteiger partial charge in [0.15, 0.2) is 0 Å². The van der Waals surface area contributed by atoms with Gasteiger partial charge in [0.25, 0.3) is 11.7 Å². The molecule has 7 heteroatoms. The van der Waals surface area contributed by atoms with Crippen LogP contribution in [0, 0.1) is 0 Å². The first kappa shape index (κ1) is 22.1. The van der Waals surface area contributed by atoms with Crippen LogP contribution in [-0.4, -0.2) is 28.3 Å². The number of aliphatic hydroxyl groups is 1. The summed E-state index contributed by atoms with van der Waals surface area (Å²) in [5.41, 5.74) is 1.22. The van der Waals surface area contributed by atoms with Crippen molar-refractivity contribution in [3.05, 3.63) is 92.6 Å². The van der Waals surface area contributed by atoms with Crippen molar-refractivity contribution in [1.82, 2.24) is 4.90 Å². The molecule has 2 aromatic carbocycles. The van der Waals surface area contributed by atoms with E-state index in [0.29, 0.717) is 28.5 Å². The van der Waals surface area contributed by atoms with Gasteiger partial charge >= 0.3 is 0 Å². The third-order valence-corrected chi connectivity index (χ3v) is 6.35. The molecule has 1 aliphatic heterocycles. The maximum atomic E-state index is 13.1. The van der Waals surface area contributed by atoms with Gasteiger partial charge in [-0.2, -0.15) is 0 Å². The standard InChI is InChI=1S/C25H22ClNO4S/c1-2-13-31-19-11-7-17(8-12-19)23(28)21-22(16-5-9-18(26)10-6-16)27(25(30)24(21)29)15-20-4-3-14-32-20/h3-12,14,22,28H,2,13,15H2,1H3/b23-21-. The number of aliphatic hydroxyl groups excluding tert-OH is 1. The Bertz CT molecular complexity index is 1140. The van der Waals surface area contributed by atoms with Crippen molar-refractivity contribution in [3.63, 3.8) is 0 Å². The Labute approximate surface area is 195 Å². The van der Waals surface area contributed by atoms with Crippen molar-refractivity contribution in [1.29, 1.82) is 0 Å². The number of thiophene rings is 1. The predicted molar refractivity (Wildman–Crippen MR) is 126 cm³/mol. The highest BCUT2D eigenvalue weighted by Crippen LogP contribution is 2.41. The lowest BCUT2D eigenvalue weighted by molar-refractivity contribution is -0.140. The molecule has 5 nitrogen and oxygen atoms in total. The summed E-state index contributed by atoms with van der Waals surface area (Å²) in [5.74, 6) is -0.872. The number of Topliss-reactive ketones (excluding diaryl/α,β-unsaturated/α-hetero) is 1. The van der Waals surface area contributed by atoms with Crippen molar-refractivity contribution in [2.24, 2.45) is 0 Å². The number of benzene rings is 2. The van der Waals surface area contributed by atoms with Gasteiger partial charge in [0.1, 0.15) is 11.5 Å². The zero-order valence-electron chi connectivity index (χ0n) is 17.5. The topological polar surface area (TPSA) is 66.8 Å². The largest absolute Gasteiger partial charge is 0.507 e. The zero-order chi connectivity index (χ0) is 22.7. The molecule has 0 saturated carbocycles. The quantitative estimate of drug-likeness (QED) is 0.270. The number of nitrogens with zero attached hydrogens (tertiary/aromatic N) is 1. The number of hydrogen-bond acceptors (Lipinski definition) is 5. The molecule has 1 amide bonds. The van der Waals surface area contributed by atoms with Crippen LogP contribution in [0.15, 0.2) is 71.6 Å². The highest BCUT2D eigenvalue weighted by Gasteiger charge is 2.46. The number of ketones is 1. The lowest BCUT2D eigenvalue weighted by Crippen LogP contribution is -2.28. The SMILES string of the molecule is CCCOc1ccc(/C(O)=C2/C(=O)C(=O)N(Cc3cccs3)C2c2ccc(Cl)cc2)cc1. The molecule has 0 spiro atoms. The van der Waals surface area contributed by atoms with Crippen molar-refractivity contribution >= 4 is 40.4 Å². The van der Waals surface area contributed by atoms with Crippen LogP contribution in [0.25, 0.3) is 5.76 Å². The average Bonchev–Trinajstić information content (AvgIpc) is 3.41. The molecule has 1 unspecified atom stereocenters. The van der Waals surface area contributed by atoms with E-state index in [9.17, 15) is 14.7 Å². The molecule has 1 aliphatic rings. The Morgan fingerprint density at radius 3 is 2.44 bits per heavy atom. The molecular weight excluding hydrogens is 446 g/mol. The van der Waals surface area contributed by atoms with Crippen LogP contribution in [0.5, 0.6) is 5.75 Å². The summed E-state index contributed by atoms with van der Waals surface area (Å²) in [7, 11) is 0. The number of likely N-dealkylation sites (tertiary alicyclic amines) is 1. The molecule has 2 heterocycles. The predicted octanol–water partition coefficient (Wildman–Crippen LogP) is 5.81. The molecule has 1 atom stereocenters. The Hall–Kier alpha value is -3.09. The Morgan fingerprint density at radius 1 is 1.09 bits per heavy atom. The van der Waals surface area contributed by atoms with E-state index in [4.69, 9.17) is 16.3 Å². The minimum absolute atomic E-state index is 0.0658. The number of halogens is 1. The number of carbonyl (C=O) groups is 2. The number of carbonyl (C=O) groups excluding carboxylic acids is 2. The summed E-state index contributed by atoms with van der Waals surface area (Å²) in [4.78, 5) is 28.5. The smallest absolute Gasteiger partial charge is 0.295 e. The van der Waals surface area contributed by atoms with Gasteiger partial charge in [0, 0.05) is 15.5 Å². The van der Waals surface area contributed by atoms with Gasteiger partial charge in [-0.3, -0.25) is 9.59 Å². The van der Waals surface area contributed by atoms with Gasteiger partial charge in [0.2, 0.25) is 0 Å². The summed E-state index contributed by atoms with van der Waals surface area (Å²) < 4.78 is 5.59. The van der Waals surface area contributed by atoms with Gasteiger partial charge in [0.05, 0.1) is 24.8 Å². The van der Waals surface area contributed by atoms with Crippen molar-refractivity contribution in [3.8, 4) is 5.75 Å². The molecule has 0 bridgehead atoms. The van der Waals surface area contributed by atoms with Gasteiger partial charge in [-0.05, 0) is 59.8 Å². The Morgan fingerprint density at radius 2 is 1.81 bits per heavy atom. The monoisotopic (exact) mass is 467 g/mol. The average molecular weight is 468 g/mol. The van der Waals surface area contributed by atoms with Crippen molar-refractivity contribution in [2.75, 3.05) is 6.61 Å². The molecule has 164 valence electrons.